The van der Waals surface area contributed by atoms with Crippen LogP contribution < -0.4 is 15.4 Å². The molecule has 1 unspecified atom stereocenters. The van der Waals surface area contributed by atoms with Crippen LogP contribution in [0.1, 0.15) is 32.3 Å². The van der Waals surface area contributed by atoms with Crippen molar-refractivity contribution < 1.29 is 27.5 Å². The molecule has 0 aliphatic rings. The summed E-state index contributed by atoms with van der Waals surface area (Å²) in [4.78, 5) is 23.3. The SMILES string of the molecule is CC(Oc1ccccc1C(C)C)C(=O)Nc1ccc(NC(=O)C(F)(F)F)cc1. The van der Waals surface area contributed by atoms with Gasteiger partial charge >= 0.3 is 12.1 Å². The van der Waals surface area contributed by atoms with Crippen LogP contribution in [-0.4, -0.2) is 24.1 Å². The molecule has 0 aliphatic carbocycles. The zero-order valence-electron chi connectivity index (χ0n) is 15.6. The van der Waals surface area contributed by atoms with Crippen molar-refractivity contribution in [2.45, 2.75) is 39.0 Å². The summed E-state index contributed by atoms with van der Waals surface area (Å²) < 4.78 is 42.5. The third-order valence-electron chi connectivity index (χ3n) is 3.88. The molecular formula is C20H21F3N2O3. The minimum Gasteiger partial charge on any atom is -0.481 e. The van der Waals surface area contributed by atoms with Gasteiger partial charge in [-0.05, 0) is 48.7 Å². The number of amides is 2. The van der Waals surface area contributed by atoms with Crippen molar-refractivity contribution in [2.24, 2.45) is 0 Å². The van der Waals surface area contributed by atoms with Crippen LogP contribution in [0.15, 0.2) is 48.5 Å². The number of benzene rings is 2. The third kappa shape index (κ3) is 5.73. The zero-order chi connectivity index (χ0) is 20.9. The van der Waals surface area contributed by atoms with Crippen LogP contribution in [-0.2, 0) is 9.59 Å². The zero-order valence-corrected chi connectivity index (χ0v) is 15.6. The molecule has 0 bridgehead atoms. The van der Waals surface area contributed by atoms with E-state index in [2.05, 4.69) is 5.32 Å². The molecule has 0 spiro atoms. The highest BCUT2D eigenvalue weighted by Gasteiger charge is 2.38. The van der Waals surface area contributed by atoms with Crippen LogP contribution in [0.5, 0.6) is 5.75 Å². The lowest BCUT2D eigenvalue weighted by Gasteiger charge is -2.18. The first-order chi connectivity index (χ1) is 13.1. The van der Waals surface area contributed by atoms with Crippen LogP contribution in [0, 0.1) is 0 Å². The molecule has 0 heterocycles. The summed E-state index contributed by atoms with van der Waals surface area (Å²) in [6.45, 7) is 5.64. The number of carbonyl (C=O) groups is 2. The van der Waals surface area contributed by atoms with Gasteiger partial charge in [0.1, 0.15) is 5.75 Å². The van der Waals surface area contributed by atoms with E-state index < -0.39 is 24.1 Å². The van der Waals surface area contributed by atoms with Crippen LogP contribution >= 0.6 is 0 Å². The molecule has 1 atom stereocenters. The monoisotopic (exact) mass is 394 g/mol. The normalized spacial score (nSPS) is 12.4. The van der Waals surface area contributed by atoms with E-state index in [0.717, 1.165) is 5.56 Å². The lowest BCUT2D eigenvalue weighted by molar-refractivity contribution is -0.167. The summed E-state index contributed by atoms with van der Waals surface area (Å²) in [5.41, 5.74) is 1.31. The van der Waals surface area contributed by atoms with E-state index in [1.54, 1.807) is 18.3 Å². The summed E-state index contributed by atoms with van der Waals surface area (Å²) >= 11 is 0. The lowest BCUT2D eigenvalue weighted by atomic mass is 10.0. The fourth-order valence-electron chi connectivity index (χ4n) is 2.39. The molecule has 8 heteroatoms. The van der Waals surface area contributed by atoms with Gasteiger partial charge in [0.15, 0.2) is 6.10 Å². The van der Waals surface area contributed by atoms with E-state index in [1.165, 1.54) is 24.3 Å². The van der Waals surface area contributed by atoms with Gasteiger partial charge in [0, 0.05) is 11.4 Å². The Labute approximate surface area is 160 Å². The Kier molecular flexibility index (Phi) is 6.66. The fourth-order valence-corrected chi connectivity index (χ4v) is 2.39. The van der Waals surface area contributed by atoms with Crippen LogP contribution in [0.3, 0.4) is 0 Å². The summed E-state index contributed by atoms with van der Waals surface area (Å²) in [5, 5.41) is 4.36. The van der Waals surface area contributed by atoms with Gasteiger partial charge in [-0.2, -0.15) is 13.2 Å². The van der Waals surface area contributed by atoms with Crippen molar-refractivity contribution in [3.8, 4) is 5.75 Å². The molecule has 2 aromatic carbocycles. The molecule has 2 aromatic rings. The number of para-hydroxylation sites is 1. The average molecular weight is 394 g/mol. The van der Waals surface area contributed by atoms with Crippen LogP contribution in [0.4, 0.5) is 24.5 Å². The van der Waals surface area contributed by atoms with Crippen molar-refractivity contribution >= 4 is 23.2 Å². The Morgan fingerprint density at radius 1 is 0.893 bits per heavy atom. The number of hydrogen-bond acceptors (Lipinski definition) is 3. The highest BCUT2D eigenvalue weighted by atomic mass is 19.4. The molecule has 2 rings (SSSR count). The van der Waals surface area contributed by atoms with Gasteiger partial charge in [0.25, 0.3) is 5.91 Å². The minimum absolute atomic E-state index is 0.0320. The topological polar surface area (TPSA) is 67.4 Å². The molecule has 0 aliphatic heterocycles. The van der Waals surface area contributed by atoms with E-state index in [1.807, 2.05) is 32.0 Å². The predicted octanol–water partition coefficient (Wildman–Crippen LogP) is 4.72. The van der Waals surface area contributed by atoms with E-state index in [9.17, 15) is 22.8 Å². The molecule has 0 fully saturated rings. The molecule has 2 N–H and O–H groups in total. The number of ether oxygens (including phenoxy) is 1. The number of anilines is 2. The van der Waals surface area contributed by atoms with Gasteiger partial charge < -0.3 is 15.4 Å². The number of alkyl halides is 3. The molecule has 28 heavy (non-hydrogen) atoms. The van der Waals surface area contributed by atoms with Crippen LogP contribution in [0.25, 0.3) is 0 Å². The minimum atomic E-state index is -4.97. The number of rotatable bonds is 6. The molecule has 0 saturated heterocycles. The van der Waals surface area contributed by atoms with Gasteiger partial charge in [0.05, 0.1) is 0 Å². The van der Waals surface area contributed by atoms with Crippen molar-refractivity contribution in [1.82, 2.24) is 0 Å². The summed E-state index contributed by atoms with van der Waals surface area (Å²) in [7, 11) is 0. The van der Waals surface area contributed by atoms with Gasteiger partial charge in [-0.1, -0.05) is 32.0 Å². The van der Waals surface area contributed by atoms with Gasteiger partial charge in [-0.25, -0.2) is 0 Å². The highest BCUT2D eigenvalue weighted by Crippen LogP contribution is 2.27. The number of hydrogen-bond donors (Lipinski definition) is 2. The van der Waals surface area contributed by atoms with Gasteiger partial charge in [-0.15, -0.1) is 0 Å². The predicted molar refractivity (Wildman–Crippen MR) is 100 cm³/mol. The second kappa shape index (κ2) is 8.77. The van der Waals surface area contributed by atoms with Gasteiger partial charge in [-0.3, -0.25) is 9.59 Å². The van der Waals surface area contributed by atoms with E-state index in [0.29, 0.717) is 11.4 Å². The second-order valence-corrected chi connectivity index (χ2v) is 6.47. The van der Waals surface area contributed by atoms with Crippen molar-refractivity contribution in [3.05, 3.63) is 54.1 Å². The van der Waals surface area contributed by atoms with Gasteiger partial charge in [0.2, 0.25) is 0 Å². The Bertz CT molecular complexity index is 833. The number of halogens is 3. The average Bonchev–Trinajstić information content (AvgIpc) is 2.62. The van der Waals surface area contributed by atoms with E-state index in [-0.39, 0.29) is 11.6 Å². The number of carbonyl (C=O) groups excluding carboxylic acids is 2. The highest BCUT2D eigenvalue weighted by molar-refractivity contribution is 5.96. The van der Waals surface area contributed by atoms with E-state index in [4.69, 9.17) is 4.74 Å². The summed E-state index contributed by atoms with van der Waals surface area (Å²) in [6, 6.07) is 12.7. The molecule has 2 amide bonds. The van der Waals surface area contributed by atoms with Crippen molar-refractivity contribution in [3.63, 3.8) is 0 Å². The first-order valence-electron chi connectivity index (χ1n) is 8.62. The maximum absolute atomic E-state index is 12.3. The van der Waals surface area contributed by atoms with Crippen LogP contribution in [0.2, 0.25) is 0 Å². The number of nitrogens with one attached hydrogen (secondary N) is 2. The first-order valence-corrected chi connectivity index (χ1v) is 8.62. The first kappa shape index (κ1) is 21.3. The Balaban J connectivity index is 1.98. The Morgan fingerprint density at radius 3 is 1.96 bits per heavy atom. The Hall–Kier alpha value is -3.03. The molecule has 5 nitrogen and oxygen atoms in total. The maximum Gasteiger partial charge on any atom is 0.471 e. The molecular weight excluding hydrogens is 373 g/mol. The fraction of sp³-hybridized carbons (Fsp3) is 0.300. The quantitative estimate of drug-likeness (QED) is 0.745. The molecule has 150 valence electrons. The molecule has 0 radical (unpaired) electrons. The van der Waals surface area contributed by atoms with Crippen molar-refractivity contribution in [1.29, 1.82) is 0 Å². The molecule has 0 aromatic heterocycles. The smallest absolute Gasteiger partial charge is 0.471 e. The summed E-state index contributed by atoms with van der Waals surface area (Å²) in [5.74, 6) is -1.63. The molecule has 0 saturated carbocycles. The van der Waals surface area contributed by atoms with Crippen molar-refractivity contribution in [2.75, 3.05) is 10.6 Å². The second-order valence-electron chi connectivity index (χ2n) is 6.47. The largest absolute Gasteiger partial charge is 0.481 e. The van der Waals surface area contributed by atoms with E-state index >= 15 is 0 Å². The summed E-state index contributed by atoms with van der Waals surface area (Å²) in [6.07, 6.45) is -5.75. The maximum atomic E-state index is 12.3. The Morgan fingerprint density at radius 2 is 1.43 bits per heavy atom. The lowest BCUT2D eigenvalue weighted by Crippen LogP contribution is -2.30. The third-order valence-corrected chi connectivity index (χ3v) is 3.88. The standard InChI is InChI=1S/C20H21F3N2O3/c1-12(2)16-6-4-5-7-17(16)28-13(3)18(26)24-14-8-10-15(11-9-14)25-19(27)20(21,22)23/h4-13H,1-3H3,(H,24,26)(H,25,27).